The van der Waals surface area contributed by atoms with Gasteiger partial charge in [0.05, 0.1) is 12.6 Å². The lowest BCUT2D eigenvalue weighted by Crippen LogP contribution is -2.42. The molecule has 0 spiro atoms. The van der Waals surface area contributed by atoms with Crippen molar-refractivity contribution in [3.8, 4) is 0 Å². The number of carbonyl (C=O) groups is 2. The predicted octanol–water partition coefficient (Wildman–Crippen LogP) is -0.371. The number of hydrogen-bond acceptors (Lipinski definition) is 4. The summed E-state index contributed by atoms with van der Waals surface area (Å²) >= 11 is 0. The van der Waals surface area contributed by atoms with E-state index in [-0.39, 0.29) is 18.2 Å². The summed E-state index contributed by atoms with van der Waals surface area (Å²) in [5.41, 5.74) is 5.70. The van der Waals surface area contributed by atoms with E-state index in [1.54, 1.807) is 7.11 Å². The molecule has 0 aliphatic heterocycles. The van der Waals surface area contributed by atoms with Gasteiger partial charge in [0.2, 0.25) is 11.8 Å². The first kappa shape index (κ1) is 16.9. The van der Waals surface area contributed by atoms with Crippen LogP contribution >= 0.6 is 0 Å². The molecule has 0 aromatic heterocycles. The molecule has 18 heavy (non-hydrogen) atoms. The highest BCUT2D eigenvalue weighted by Crippen LogP contribution is 2.02. The van der Waals surface area contributed by atoms with Crippen molar-refractivity contribution in [3.63, 3.8) is 0 Å². The summed E-state index contributed by atoms with van der Waals surface area (Å²) in [6.07, 6.45) is 0.899. The second-order valence-electron chi connectivity index (χ2n) is 4.62. The first-order chi connectivity index (χ1) is 8.47. The molecule has 1 unspecified atom stereocenters. The fourth-order valence-corrected chi connectivity index (χ4v) is 1.43. The van der Waals surface area contributed by atoms with Crippen LogP contribution in [0.15, 0.2) is 0 Å². The Morgan fingerprint density at radius 2 is 1.89 bits per heavy atom. The zero-order chi connectivity index (χ0) is 14.0. The van der Waals surface area contributed by atoms with Crippen molar-refractivity contribution < 1.29 is 14.3 Å². The molecule has 0 bridgehead atoms. The molecule has 0 aromatic carbocycles. The number of nitrogens with two attached hydrogens (primary N) is 1. The molecule has 1 atom stereocenters. The Bertz CT molecular complexity index is 257. The second-order valence-corrected chi connectivity index (χ2v) is 4.62. The molecular formula is C12H25N3O3. The van der Waals surface area contributed by atoms with Gasteiger partial charge >= 0.3 is 0 Å². The number of ether oxygens (including phenoxy) is 1. The van der Waals surface area contributed by atoms with Crippen molar-refractivity contribution in [2.45, 2.75) is 32.7 Å². The molecule has 0 fully saturated rings. The van der Waals surface area contributed by atoms with Crippen molar-refractivity contribution in [1.82, 2.24) is 10.6 Å². The van der Waals surface area contributed by atoms with Gasteiger partial charge in [-0.1, -0.05) is 13.8 Å². The third-order valence-corrected chi connectivity index (χ3v) is 2.34. The van der Waals surface area contributed by atoms with E-state index in [0.29, 0.717) is 32.0 Å². The summed E-state index contributed by atoms with van der Waals surface area (Å²) < 4.78 is 4.80. The van der Waals surface area contributed by atoms with Crippen LogP contribution in [0.1, 0.15) is 26.7 Å². The van der Waals surface area contributed by atoms with E-state index in [2.05, 4.69) is 10.6 Å². The Kier molecular flexibility index (Phi) is 9.22. The maximum absolute atomic E-state index is 11.5. The molecule has 0 saturated carbocycles. The van der Waals surface area contributed by atoms with Crippen LogP contribution in [0.2, 0.25) is 0 Å². The van der Waals surface area contributed by atoms with Gasteiger partial charge in [-0.05, 0) is 12.3 Å². The van der Waals surface area contributed by atoms with Crippen LogP contribution in [0, 0.1) is 5.92 Å². The van der Waals surface area contributed by atoms with Crippen LogP contribution in [0.25, 0.3) is 0 Å². The summed E-state index contributed by atoms with van der Waals surface area (Å²) in [5, 5.41) is 5.33. The largest absolute Gasteiger partial charge is 0.383 e. The number of carbonyl (C=O) groups excluding carboxylic acids is 2. The fraction of sp³-hybridized carbons (Fsp3) is 0.833. The average Bonchev–Trinajstić information content (AvgIpc) is 2.28. The average molecular weight is 259 g/mol. The van der Waals surface area contributed by atoms with Crippen molar-refractivity contribution in [1.29, 1.82) is 0 Å². The number of nitrogens with one attached hydrogen (secondary N) is 2. The Labute approximate surface area is 109 Å². The Balaban J connectivity index is 3.64. The van der Waals surface area contributed by atoms with Gasteiger partial charge in [-0.25, -0.2) is 0 Å². The third kappa shape index (κ3) is 8.95. The van der Waals surface area contributed by atoms with E-state index in [4.69, 9.17) is 10.5 Å². The molecule has 0 heterocycles. The normalized spacial score (nSPS) is 12.3. The maximum atomic E-state index is 11.5. The zero-order valence-corrected chi connectivity index (χ0v) is 11.5. The molecule has 0 aliphatic carbocycles. The Morgan fingerprint density at radius 3 is 2.44 bits per heavy atom. The lowest BCUT2D eigenvalue weighted by atomic mass is 10.0. The first-order valence-corrected chi connectivity index (χ1v) is 6.26. The van der Waals surface area contributed by atoms with Crippen LogP contribution < -0.4 is 16.4 Å². The van der Waals surface area contributed by atoms with Crippen LogP contribution in [-0.2, 0) is 14.3 Å². The van der Waals surface area contributed by atoms with Gasteiger partial charge in [0.25, 0.3) is 0 Å². The van der Waals surface area contributed by atoms with Gasteiger partial charge in [0.1, 0.15) is 0 Å². The van der Waals surface area contributed by atoms with E-state index < -0.39 is 6.04 Å². The Morgan fingerprint density at radius 1 is 1.22 bits per heavy atom. The molecule has 2 amide bonds. The van der Waals surface area contributed by atoms with Crippen LogP contribution in [0.3, 0.4) is 0 Å². The number of amides is 2. The van der Waals surface area contributed by atoms with E-state index in [1.807, 2.05) is 13.8 Å². The van der Waals surface area contributed by atoms with Crippen molar-refractivity contribution in [3.05, 3.63) is 0 Å². The minimum atomic E-state index is -0.499. The van der Waals surface area contributed by atoms with Crippen LogP contribution in [0.4, 0.5) is 0 Å². The SMILES string of the molecule is COCCNC(=O)CCNC(=O)C(N)CC(C)C. The monoisotopic (exact) mass is 259 g/mol. The number of rotatable bonds is 9. The third-order valence-electron chi connectivity index (χ3n) is 2.34. The minimum Gasteiger partial charge on any atom is -0.383 e. The minimum absolute atomic E-state index is 0.107. The molecule has 0 radical (unpaired) electrons. The van der Waals surface area contributed by atoms with E-state index in [1.165, 1.54) is 0 Å². The van der Waals surface area contributed by atoms with Gasteiger partial charge in [-0.2, -0.15) is 0 Å². The zero-order valence-electron chi connectivity index (χ0n) is 11.5. The standard InChI is InChI=1S/C12H25N3O3/c1-9(2)8-10(13)12(17)15-5-4-11(16)14-6-7-18-3/h9-10H,4-8,13H2,1-3H3,(H,14,16)(H,15,17). The smallest absolute Gasteiger partial charge is 0.236 e. The molecule has 0 rings (SSSR count). The molecule has 4 N–H and O–H groups in total. The summed E-state index contributed by atoms with van der Waals surface area (Å²) in [7, 11) is 1.57. The van der Waals surface area contributed by atoms with Crippen molar-refractivity contribution in [2.75, 3.05) is 26.8 Å². The summed E-state index contributed by atoms with van der Waals surface area (Å²) in [5.74, 6) is 0.0706. The van der Waals surface area contributed by atoms with Gasteiger partial charge in [-0.15, -0.1) is 0 Å². The highest BCUT2D eigenvalue weighted by atomic mass is 16.5. The second kappa shape index (κ2) is 9.85. The van der Waals surface area contributed by atoms with Crippen LogP contribution in [0.5, 0.6) is 0 Å². The predicted molar refractivity (Wildman–Crippen MR) is 69.9 cm³/mol. The quantitative estimate of drug-likeness (QED) is 0.492. The van der Waals surface area contributed by atoms with Crippen molar-refractivity contribution >= 4 is 11.8 Å². The topological polar surface area (TPSA) is 93.5 Å². The lowest BCUT2D eigenvalue weighted by molar-refractivity contribution is -0.123. The van der Waals surface area contributed by atoms with Gasteiger partial charge < -0.3 is 21.1 Å². The Hall–Kier alpha value is -1.14. The first-order valence-electron chi connectivity index (χ1n) is 6.26. The summed E-state index contributed by atoms with van der Waals surface area (Å²) in [6.45, 7) is 5.30. The molecular weight excluding hydrogens is 234 g/mol. The van der Waals surface area contributed by atoms with E-state index in [9.17, 15) is 9.59 Å². The molecule has 106 valence electrons. The summed E-state index contributed by atoms with van der Waals surface area (Å²) in [4.78, 5) is 22.8. The number of hydrogen-bond donors (Lipinski definition) is 3. The highest BCUT2D eigenvalue weighted by molar-refractivity contribution is 5.82. The molecule has 0 saturated heterocycles. The van der Waals surface area contributed by atoms with Gasteiger partial charge in [0.15, 0.2) is 0 Å². The molecule has 0 aromatic rings. The van der Waals surface area contributed by atoms with Gasteiger partial charge in [-0.3, -0.25) is 9.59 Å². The van der Waals surface area contributed by atoms with Gasteiger partial charge in [0, 0.05) is 26.6 Å². The summed E-state index contributed by atoms with van der Waals surface area (Å²) in [6, 6.07) is -0.499. The molecule has 0 aliphatic rings. The molecule has 6 heteroatoms. The molecule has 6 nitrogen and oxygen atoms in total. The van der Waals surface area contributed by atoms with Crippen molar-refractivity contribution in [2.24, 2.45) is 11.7 Å². The number of methoxy groups -OCH3 is 1. The lowest BCUT2D eigenvalue weighted by Gasteiger charge is -2.14. The van der Waals surface area contributed by atoms with E-state index in [0.717, 1.165) is 0 Å². The van der Waals surface area contributed by atoms with E-state index >= 15 is 0 Å². The highest BCUT2D eigenvalue weighted by Gasteiger charge is 2.14. The van der Waals surface area contributed by atoms with Crippen LogP contribution in [-0.4, -0.2) is 44.7 Å². The maximum Gasteiger partial charge on any atom is 0.236 e. The fourth-order valence-electron chi connectivity index (χ4n) is 1.43.